The van der Waals surface area contributed by atoms with Gasteiger partial charge < -0.3 is 19.4 Å². The molecule has 3 aromatic rings. The second-order valence-electron chi connectivity index (χ2n) is 9.66. The molecule has 1 aromatic carbocycles. The second-order valence-corrected chi connectivity index (χ2v) is 9.66. The Bertz CT molecular complexity index is 1510. The smallest absolute Gasteiger partial charge is 0.451 e. The molecule has 0 spiro atoms. The number of benzene rings is 1. The first-order chi connectivity index (χ1) is 18.9. The lowest BCUT2D eigenvalue weighted by atomic mass is 9.92. The van der Waals surface area contributed by atoms with Gasteiger partial charge in [0.05, 0.1) is 13.0 Å². The summed E-state index contributed by atoms with van der Waals surface area (Å²) in [5.41, 5.74) is 4.36. The predicted octanol–water partition coefficient (Wildman–Crippen LogP) is 2.08. The number of carbonyl (C=O) groups excluding carboxylic acids is 2. The maximum absolute atomic E-state index is 13.5. The van der Waals surface area contributed by atoms with Crippen molar-refractivity contribution in [1.82, 2.24) is 24.8 Å². The van der Waals surface area contributed by atoms with E-state index in [9.17, 15) is 35.9 Å². The number of H-pyrrole nitrogens is 2. The molecule has 222 valence electrons. The monoisotopic (exact) mass is 588 g/mol. The third-order valence-electron chi connectivity index (χ3n) is 6.56. The lowest BCUT2D eigenvalue weighted by Gasteiger charge is -2.29. The molecule has 0 aliphatic carbocycles. The molecule has 2 N–H and O–H groups in total. The van der Waals surface area contributed by atoms with Crippen LogP contribution in [0.25, 0.3) is 0 Å². The van der Waals surface area contributed by atoms with Gasteiger partial charge in [0, 0.05) is 29.8 Å². The van der Waals surface area contributed by atoms with Crippen molar-refractivity contribution in [2.45, 2.75) is 65.5 Å². The minimum absolute atomic E-state index is 0.0234. The first-order valence-corrected chi connectivity index (χ1v) is 12.2. The van der Waals surface area contributed by atoms with E-state index in [1.54, 1.807) is 6.92 Å². The van der Waals surface area contributed by atoms with Crippen LogP contribution in [0.3, 0.4) is 0 Å². The quantitative estimate of drug-likeness (QED) is 0.464. The largest absolute Gasteiger partial charge is 0.542 e. The van der Waals surface area contributed by atoms with E-state index >= 15 is 0 Å². The average molecular weight is 589 g/mol. The molecule has 0 saturated heterocycles. The van der Waals surface area contributed by atoms with E-state index in [0.717, 1.165) is 27.0 Å². The number of carbonyl (C=O) groups is 2. The number of aromatic nitrogens is 5. The molecule has 0 atom stereocenters. The van der Waals surface area contributed by atoms with Gasteiger partial charge in [0.2, 0.25) is 11.5 Å². The zero-order valence-corrected chi connectivity index (χ0v) is 22.3. The predicted molar refractivity (Wildman–Crippen MR) is 127 cm³/mol. The van der Waals surface area contributed by atoms with Gasteiger partial charge in [-0.3, -0.25) is 9.59 Å². The minimum atomic E-state index is -5.19. The average Bonchev–Trinajstić information content (AvgIpc) is 3.32. The van der Waals surface area contributed by atoms with Crippen molar-refractivity contribution < 1.29 is 46.1 Å². The number of nitrogens with zero attached hydrogens (tertiary/aromatic N) is 4. The number of fused-ring (bicyclic) bond motifs is 1. The van der Waals surface area contributed by atoms with E-state index in [4.69, 9.17) is 9.90 Å². The molecule has 1 amide bonds. The Balaban J connectivity index is 0.000000587. The van der Waals surface area contributed by atoms with Crippen molar-refractivity contribution in [3.8, 4) is 0 Å². The fourth-order valence-electron chi connectivity index (χ4n) is 4.21. The van der Waals surface area contributed by atoms with Crippen LogP contribution in [0.4, 0.5) is 26.3 Å². The van der Waals surface area contributed by atoms with Crippen molar-refractivity contribution in [2.75, 3.05) is 6.54 Å². The van der Waals surface area contributed by atoms with E-state index in [0.29, 0.717) is 17.5 Å². The summed E-state index contributed by atoms with van der Waals surface area (Å²) in [6.07, 6.45) is -9.31. The number of halogens is 6. The van der Waals surface area contributed by atoms with E-state index in [1.165, 1.54) is 4.90 Å². The Morgan fingerprint density at radius 1 is 1.07 bits per heavy atom. The highest BCUT2D eigenvalue weighted by Crippen LogP contribution is 2.30. The molecule has 16 heteroatoms. The van der Waals surface area contributed by atoms with Crippen LogP contribution < -0.4 is 15.8 Å². The highest BCUT2D eigenvalue weighted by Gasteiger charge is 2.40. The third kappa shape index (κ3) is 7.10. The zero-order chi connectivity index (χ0) is 30.9. The van der Waals surface area contributed by atoms with Crippen molar-refractivity contribution in [1.29, 1.82) is 0 Å². The molecule has 2 aromatic heterocycles. The Labute approximate surface area is 229 Å². The van der Waals surface area contributed by atoms with Crippen LogP contribution >= 0.6 is 0 Å². The number of aliphatic carboxylic acids is 1. The normalized spacial score (nSPS) is 13.5. The number of nitrogens with one attached hydrogen (secondary N) is 2. The van der Waals surface area contributed by atoms with Gasteiger partial charge in [0.1, 0.15) is 5.97 Å². The number of carboxylic acid groups (broad SMARTS) is 1. The highest BCUT2D eigenvalue weighted by atomic mass is 19.4. The van der Waals surface area contributed by atoms with Crippen LogP contribution in [0, 0.1) is 13.8 Å². The lowest BCUT2D eigenvalue weighted by molar-refractivity contribution is -0.467. The van der Waals surface area contributed by atoms with E-state index in [-0.39, 0.29) is 42.8 Å². The Kier molecular flexibility index (Phi) is 8.93. The number of rotatable bonds is 4. The molecule has 4 rings (SSSR count). The summed E-state index contributed by atoms with van der Waals surface area (Å²) in [5, 5.41) is 21.3. The van der Waals surface area contributed by atoms with Gasteiger partial charge in [0.15, 0.2) is 5.82 Å². The molecule has 0 unspecified atom stereocenters. The van der Waals surface area contributed by atoms with Gasteiger partial charge in [-0.2, -0.15) is 26.3 Å². The molecule has 3 heterocycles. The third-order valence-corrected chi connectivity index (χ3v) is 6.56. The molecule has 41 heavy (non-hydrogen) atoms. The maximum atomic E-state index is 13.5. The number of alkyl halides is 6. The number of carboxylic acids is 1. The number of hydrogen-bond donors (Lipinski definition) is 1. The van der Waals surface area contributed by atoms with Crippen LogP contribution in [0.15, 0.2) is 23.0 Å². The summed E-state index contributed by atoms with van der Waals surface area (Å²) < 4.78 is 72.0. The summed E-state index contributed by atoms with van der Waals surface area (Å²) >= 11 is 0. The molecular weight excluding hydrogens is 562 g/mol. The summed E-state index contributed by atoms with van der Waals surface area (Å²) in [5.74, 6) is -4.12. The molecule has 0 bridgehead atoms. The Morgan fingerprint density at radius 3 is 2.27 bits per heavy atom. The van der Waals surface area contributed by atoms with Gasteiger partial charge in [-0.15, -0.1) is 20.4 Å². The van der Waals surface area contributed by atoms with Crippen molar-refractivity contribution in [3.63, 3.8) is 0 Å². The lowest BCUT2D eigenvalue weighted by Crippen LogP contribution is -2.39. The molecule has 10 nitrogen and oxygen atoms in total. The Morgan fingerprint density at radius 2 is 1.71 bits per heavy atom. The fraction of sp³-hybridized carbons (Fsp3) is 0.440. The summed E-state index contributed by atoms with van der Waals surface area (Å²) in [6.45, 7) is 7.64. The SMILES string of the molecule is Cc1c(Cc2ccc(C(C)C)c(C(=O)N3CCn4c(nnc4C(F)(F)F)C3)c2)[nH+][nH]c(=O)c1C.O=C([O-])C(F)(F)F. The van der Waals surface area contributed by atoms with Crippen LogP contribution in [0.1, 0.15) is 69.7 Å². The summed E-state index contributed by atoms with van der Waals surface area (Å²) in [6, 6.07) is 5.68. The van der Waals surface area contributed by atoms with Crippen LogP contribution in [0.2, 0.25) is 0 Å². The van der Waals surface area contributed by atoms with Crippen molar-refractivity contribution in [3.05, 3.63) is 73.7 Å². The van der Waals surface area contributed by atoms with Crippen LogP contribution in [-0.4, -0.2) is 49.4 Å². The topological polar surface area (TPSA) is 138 Å². The molecule has 1 aliphatic heterocycles. The van der Waals surface area contributed by atoms with E-state index < -0.39 is 24.1 Å². The van der Waals surface area contributed by atoms with E-state index in [2.05, 4.69) is 20.4 Å². The van der Waals surface area contributed by atoms with Gasteiger partial charge >= 0.3 is 17.9 Å². The van der Waals surface area contributed by atoms with Crippen molar-refractivity contribution >= 4 is 11.9 Å². The van der Waals surface area contributed by atoms with Crippen molar-refractivity contribution in [2.24, 2.45) is 0 Å². The molecule has 0 radical (unpaired) electrons. The first-order valence-electron chi connectivity index (χ1n) is 12.2. The summed E-state index contributed by atoms with van der Waals surface area (Å²) in [7, 11) is 0. The van der Waals surface area contributed by atoms with Crippen LogP contribution in [0.5, 0.6) is 0 Å². The van der Waals surface area contributed by atoms with Gasteiger partial charge in [0.25, 0.3) is 5.91 Å². The molecule has 0 saturated carbocycles. The standard InChI is InChI=1S/C23H25F3N6O2.C2HF3O2/c1-12(2)16-6-5-15(10-18-13(3)14(4)20(33)29-27-18)9-17(16)21(34)31-7-8-32-19(11-31)28-30-22(32)23(24,25)26;3-2(4,5)1(6)7/h5-6,9,12H,7-8,10-11H2,1-4H3,(H,29,33);(H,6,7). The first kappa shape index (κ1) is 31.3. The molecule has 1 aliphatic rings. The van der Waals surface area contributed by atoms with E-state index in [1.807, 2.05) is 39.0 Å². The second kappa shape index (κ2) is 11.7. The maximum Gasteiger partial charge on any atom is 0.451 e. The molecular formula is C25H26F6N6O4. The number of aromatic amines is 2. The van der Waals surface area contributed by atoms with Crippen LogP contribution in [-0.2, 0) is 30.5 Å². The number of hydrogen-bond acceptors (Lipinski definition) is 6. The molecule has 0 fully saturated rings. The highest BCUT2D eigenvalue weighted by molar-refractivity contribution is 5.96. The van der Waals surface area contributed by atoms with Gasteiger partial charge in [-0.1, -0.05) is 26.0 Å². The summed E-state index contributed by atoms with van der Waals surface area (Å²) in [4.78, 5) is 35.6. The zero-order valence-electron chi connectivity index (χ0n) is 22.3. The Hall–Kier alpha value is -4.24. The fourth-order valence-corrected chi connectivity index (χ4v) is 4.21. The van der Waals surface area contributed by atoms with Gasteiger partial charge in [-0.05, 0) is 37.0 Å². The van der Waals surface area contributed by atoms with Gasteiger partial charge in [-0.25, -0.2) is 0 Å². The minimum Gasteiger partial charge on any atom is -0.542 e. The number of amides is 1.